The van der Waals surface area contributed by atoms with Crippen molar-refractivity contribution in [3.05, 3.63) is 36.3 Å². The Balaban J connectivity index is 1.33. The molecule has 1 aromatic heterocycles. The van der Waals surface area contributed by atoms with Gasteiger partial charge in [-0.1, -0.05) is 12.2 Å². The lowest BCUT2D eigenvalue weighted by Crippen LogP contribution is -2.62. The van der Waals surface area contributed by atoms with Gasteiger partial charge in [-0.25, -0.2) is 0 Å². The van der Waals surface area contributed by atoms with Crippen LogP contribution in [0.5, 0.6) is 0 Å². The summed E-state index contributed by atoms with van der Waals surface area (Å²) in [5.41, 5.74) is -0.812. The van der Waals surface area contributed by atoms with Gasteiger partial charge in [0.1, 0.15) is 11.4 Å². The number of hydrogen-bond donors (Lipinski definition) is 2. The number of nitrogens with zero attached hydrogens (tertiary/aromatic N) is 1. The largest absolute Gasteiger partial charge is 0.467 e. The molecule has 4 aliphatic heterocycles. The molecule has 2 amide bonds. The lowest BCUT2D eigenvalue weighted by Gasteiger charge is -2.47. The molecule has 0 aliphatic carbocycles. The smallest absolute Gasteiger partial charge is 0.230 e. The van der Waals surface area contributed by atoms with Crippen molar-refractivity contribution in [3.8, 4) is 0 Å². The average molecular weight is 414 g/mol. The zero-order chi connectivity index (χ0) is 21.3. The number of piperidine rings is 1. The number of carbonyl (C=O) groups excluding carboxylic acids is 2. The Kier molecular flexibility index (Phi) is 4.25. The first-order chi connectivity index (χ1) is 14.1. The standard InChI is InChI=1S/C23H31N3O4/c1-21(2)10-14(11-22(3,4)25-21)24-19(27)17-16-7-8-23(30-16)13-26(20(28)18(17)23)12-15-6-5-9-29-15/h5-9,14,16-18,25H,10-13H2,1-4H3,(H,24,27)/t16-,17+,18-,23-/m1/s1. The number of ether oxygens (including phenoxy) is 1. The summed E-state index contributed by atoms with van der Waals surface area (Å²) in [6.45, 7) is 9.52. The first-order valence-electron chi connectivity index (χ1n) is 10.9. The van der Waals surface area contributed by atoms with E-state index in [0.717, 1.165) is 18.6 Å². The number of furan rings is 1. The Morgan fingerprint density at radius 1 is 1.27 bits per heavy atom. The minimum Gasteiger partial charge on any atom is -0.467 e. The Morgan fingerprint density at radius 3 is 2.67 bits per heavy atom. The van der Waals surface area contributed by atoms with Crippen LogP contribution in [0, 0.1) is 11.8 Å². The van der Waals surface area contributed by atoms with E-state index < -0.39 is 17.4 Å². The number of hydrogen-bond acceptors (Lipinski definition) is 5. The van der Waals surface area contributed by atoms with E-state index in [9.17, 15) is 9.59 Å². The molecule has 5 heterocycles. The molecule has 1 aromatic rings. The van der Waals surface area contributed by atoms with Gasteiger partial charge in [-0.3, -0.25) is 9.59 Å². The quantitative estimate of drug-likeness (QED) is 0.738. The summed E-state index contributed by atoms with van der Waals surface area (Å²) < 4.78 is 11.6. The summed E-state index contributed by atoms with van der Waals surface area (Å²) in [6, 6.07) is 3.74. The maximum Gasteiger partial charge on any atom is 0.230 e. The van der Waals surface area contributed by atoms with Gasteiger partial charge in [-0.05, 0) is 52.7 Å². The fourth-order valence-electron chi connectivity index (χ4n) is 6.32. The zero-order valence-electron chi connectivity index (χ0n) is 18.1. The molecule has 5 rings (SSSR count). The van der Waals surface area contributed by atoms with E-state index in [-0.39, 0.29) is 35.0 Å². The van der Waals surface area contributed by atoms with Crippen LogP contribution in [-0.4, -0.2) is 52.1 Å². The average Bonchev–Trinajstić information content (AvgIpc) is 3.35. The number of nitrogens with one attached hydrogen (secondary N) is 2. The third kappa shape index (κ3) is 3.19. The second kappa shape index (κ2) is 6.44. The molecule has 4 atom stereocenters. The van der Waals surface area contributed by atoms with Crippen molar-refractivity contribution in [1.29, 1.82) is 0 Å². The fraction of sp³-hybridized carbons (Fsp3) is 0.652. The van der Waals surface area contributed by atoms with Crippen LogP contribution in [0.25, 0.3) is 0 Å². The number of carbonyl (C=O) groups is 2. The monoisotopic (exact) mass is 413 g/mol. The lowest BCUT2D eigenvalue weighted by atomic mass is 9.75. The van der Waals surface area contributed by atoms with E-state index in [2.05, 4.69) is 38.3 Å². The van der Waals surface area contributed by atoms with Crippen LogP contribution in [0.2, 0.25) is 0 Å². The van der Waals surface area contributed by atoms with Crippen LogP contribution in [-0.2, 0) is 20.9 Å². The minimum atomic E-state index is -0.691. The summed E-state index contributed by atoms with van der Waals surface area (Å²) >= 11 is 0. The van der Waals surface area contributed by atoms with Gasteiger partial charge in [0.2, 0.25) is 11.8 Å². The molecule has 7 heteroatoms. The topological polar surface area (TPSA) is 83.8 Å². The van der Waals surface area contributed by atoms with Crippen LogP contribution in [0.1, 0.15) is 46.3 Å². The maximum absolute atomic E-state index is 13.4. The van der Waals surface area contributed by atoms with Crippen molar-refractivity contribution in [3.63, 3.8) is 0 Å². The van der Waals surface area contributed by atoms with Gasteiger partial charge in [-0.15, -0.1) is 0 Å². The minimum absolute atomic E-state index is 0.0237. The lowest BCUT2D eigenvalue weighted by molar-refractivity contribution is -0.138. The van der Waals surface area contributed by atoms with Gasteiger partial charge in [0.25, 0.3) is 0 Å². The fourth-order valence-corrected chi connectivity index (χ4v) is 6.32. The number of likely N-dealkylation sites (tertiary alicyclic amines) is 1. The van der Waals surface area contributed by atoms with Crippen molar-refractivity contribution < 1.29 is 18.7 Å². The van der Waals surface area contributed by atoms with E-state index in [1.807, 2.05) is 24.3 Å². The summed E-state index contributed by atoms with van der Waals surface area (Å²) in [4.78, 5) is 28.4. The Bertz CT molecular complexity index is 874. The summed E-state index contributed by atoms with van der Waals surface area (Å²) in [6.07, 6.45) is 6.93. The van der Waals surface area contributed by atoms with E-state index in [4.69, 9.17) is 9.15 Å². The van der Waals surface area contributed by atoms with Crippen LogP contribution in [0.15, 0.2) is 35.0 Å². The second-order valence-corrected chi connectivity index (χ2v) is 10.7. The molecule has 4 aliphatic rings. The molecule has 7 nitrogen and oxygen atoms in total. The van der Waals surface area contributed by atoms with Crippen LogP contribution in [0.4, 0.5) is 0 Å². The van der Waals surface area contributed by atoms with Crippen molar-refractivity contribution in [2.24, 2.45) is 11.8 Å². The molecule has 1 spiro atoms. The highest BCUT2D eigenvalue weighted by molar-refractivity contribution is 5.93. The van der Waals surface area contributed by atoms with E-state index >= 15 is 0 Å². The molecule has 0 unspecified atom stereocenters. The van der Waals surface area contributed by atoms with E-state index in [0.29, 0.717) is 13.1 Å². The van der Waals surface area contributed by atoms with Gasteiger partial charge in [0.15, 0.2) is 0 Å². The summed E-state index contributed by atoms with van der Waals surface area (Å²) in [5.74, 6) is -0.305. The molecular weight excluding hydrogens is 382 g/mol. The van der Waals surface area contributed by atoms with Crippen molar-refractivity contribution >= 4 is 11.8 Å². The highest BCUT2D eigenvalue weighted by Gasteiger charge is 2.67. The Morgan fingerprint density at radius 2 is 2.00 bits per heavy atom. The summed E-state index contributed by atoms with van der Waals surface area (Å²) in [7, 11) is 0. The van der Waals surface area contributed by atoms with E-state index in [1.165, 1.54) is 0 Å². The third-order valence-electron chi connectivity index (χ3n) is 6.94. The molecule has 162 valence electrons. The number of fused-ring (bicyclic) bond motifs is 1. The van der Waals surface area contributed by atoms with Crippen molar-refractivity contribution in [2.75, 3.05) is 6.54 Å². The van der Waals surface area contributed by atoms with Gasteiger partial charge in [0, 0.05) is 17.1 Å². The molecule has 2 N–H and O–H groups in total. The SMILES string of the molecule is CC1(C)CC(NC(=O)[C@H]2[C@H]3C=C[C@]4(CN(Cc5ccco5)C(=O)[C@@H]24)O3)CC(C)(C)N1. The van der Waals surface area contributed by atoms with Gasteiger partial charge >= 0.3 is 0 Å². The van der Waals surface area contributed by atoms with Crippen LogP contribution in [0.3, 0.4) is 0 Å². The van der Waals surface area contributed by atoms with Crippen molar-refractivity contribution in [2.45, 2.75) is 75.9 Å². The van der Waals surface area contributed by atoms with Crippen molar-refractivity contribution in [1.82, 2.24) is 15.5 Å². The number of rotatable bonds is 4. The van der Waals surface area contributed by atoms with Crippen LogP contribution < -0.4 is 10.6 Å². The zero-order valence-corrected chi connectivity index (χ0v) is 18.1. The van der Waals surface area contributed by atoms with Gasteiger partial charge in [0.05, 0.1) is 37.3 Å². The van der Waals surface area contributed by atoms with Crippen LogP contribution >= 0.6 is 0 Å². The molecule has 3 saturated heterocycles. The maximum atomic E-state index is 13.4. The molecule has 3 fully saturated rings. The molecule has 2 bridgehead atoms. The summed E-state index contributed by atoms with van der Waals surface area (Å²) in [5, 5.41) is 6.91. The highest BCUT2D eigenvalue weighted by Crippen LogP contribution is 2.52. The first-order valence-corrected chi connectivity index (χ1v) is 10.9. The predicted octanol–water partition coefficient (Wildman–Crippen LogP) is 1.99. The second-order valence-electron chi connectivity index (χ2n) is 10.7. The Hall–Kier alpha value is -2.12. The molecule has 0 saturated carbocycles. The normalized spacial score (nSPS) is 36.3. The van der Waals surface area contributed by atoms with Gasteiger partial charge < -0.3 is 24.7 Å². The van der Waals surface area contributed by atoms with E-state index in [1.54, 1.807) is 11.2 Å². The molecule has 0 radical (unpaired) electrons. The third-order valence-corrected chi connectivity index (χ3v) is 6.94. The molecular formula is C23H31N3O4. The number of amides is 2. The first kappa shape index (κ1) is 19.8. The van der Waals surface area contributed by atoms with Gasteiger partial charge in [-0.2, -0.15) is 0 Å². The molecule has 30 heavy (non-hydrogen) atoms. The highest BCUT2D eigenvalue weighted by atomic mass is 16.5. The predicted molar refractivity (Wildman–Crippen MR) is 110 cm³/mol. The Labute approximate surface area is 177 Å². The molecule has 0 aromatic carbocycles.